The summed E-state index contributed by atoms with van der Waals surface area (Å²) in [6.07, 6.45) is 0. The monoisotopic (exact) mass is 362 g/mol. The van der Waals surface area contributed by atoms with E-state index in [1.807, 2.05) is 6.92 Å². The summed E-state index contributed by atoms with van der Waals surface area (Å²) in [5, 5.41) is 7.14. The lowest BCUT2D eigenvalue weighted by molar-refractivity contribution is 0.628. The maximum atomic E-state index is 13.3. The molecule has 0 saturated carbocycles. The maximum absolute atomic E-state index is 13.3. The number of benzene rings is 2. The summed E-state index contributed by atoms with van der Waals surface area (Å²) in [6, 6.07) is 13.0. The minimum atomic E-state index is -0.334. The molecule has 0 radical (unpaired) electrons. The molecule has 0 saturated heterocycles. The Balaban J connectivity index is 1.86. The van der Waals surface area contributed by atoms with Crippen molar-refractivity contribution in [2.24, 2.45) is 0 Å². The van der Waals surface area contributed by atoms with E-state index in [0.29, 0.717) is 33.2 Å². The Morgan fingerprint density at radius 3 is 2.54 bits per heavy atom. The molecule has 0 bridgehead atoms. The summed E-state index contributed by atoms with van der Waals surface area (Å²) in [5.74, 6) is 0.581. The fourth-order valence-corrected chi connectivity index (χ4v) is 2.57. The summed E-state index contributed by atoms with van der Waals surface area (Å²) in [7, 11) is 0. The average molecular weight is 363 g/mol. The topological polar surface area (TPSA) is 49.8 Å². The van der Waals surface area contributed by atoms with Gasteiger partial charge in [0.25, 0.3) is 0 Å². The van der Waals surface area contributed by atoms with Crippen molar-refractivity contribution in [2.75, 3.05) is 10.6 Å². The number of nitrogens with zero attached hydrogens (tertiary/aromatic N) is 2. The van der Waals surface area contributed by atoms with E-state index in [-0.39, 0.29) is 5.82 Å². The molecular formula is C17H13Cl2FN4. The molecular weight excluding hydrogens is 350 g/mol. The molecule has 24 heavy (non-hydrogen) atoms. The molecule has 1 aromatic heterocycles. The molecule has 0 aliphatic heterocycles. The van der Waals surface area contributed by atoms with Gasteiger partial charge in [0.05, 0.1) is 10.7 Å². The fourth-order valence-electron chi connectivity index (χ4n) is 2.11. The molecule has 4 nitrogen and oxygen atoms in total. The van der Waals surface area contributed by atoms with Crippen LogP contribution in [0.1, 0.15) is 5.69 Å². The van der Waals surface area contributed by atoms with Gasteiger partial charge in [-0.15, -0.1) is 0 Å². The van der Waals surface area contributed by atoms with Crippen molar-refractivity contribution in [3.8, 4) is 0 Å². The van der Waals surface area contributed by atoms with E-state index in [2.05, 4.69) is 20.6 Å². The van der Waals surface area contributed by atoms with Gasteiger partial charge in [-0.1, -0.05) is 29.3 Å². The number of hydrogen-bond donors (Lipinski definition) is 2. The molecule has 0 spiro atoms. The molecule has 2 N–H and O–H groups in total. The molecule has 0 amide bonds. The summed E-state index contributed by atoms with van der Waals surface area (Å²) in [5.41, 5.74) is 1.99. The van der Waals surface area contributed by atoms with Gasteiger partial charge in [-0.25, -0.2) is 9.37 Å². The molecule has 3 rings (SSSR count). The second kappa shape index (κ2) is 7.03. The Hall–Kier alpha value is -2.37. The van der Waals surface area contributed by atoms with Crippen LogP contribution in [0.2, 0.25) is 10.0 Å². The zero-order chi connectivity index (χ0) is 17.1. The van der Waals surface area contributed by atoms with Gasteiger partial charge in [-0.3, -0.25) is 0 Å². The first kappa shape index (κ1) is 16.5. The Morgan fingerprint density at radius 2 is 1.79 bits per heavy atom. The second-order valence-corrected chi connectivity index (χ2v) is 5.95. The van der Waals surface area contributed by atoms with E-state index in [4.69, 9.17) is 23.2 Å². The van der Waals surface area contributed by atoms with Gasteiger partial charge in [0, 0.05) is 22.5 Å². The van der Waals surface area contributed by atoms with Crippen LogP contribution in [0, 0.1) is 12.7 Å². The zero-order valence-corrected chi connectivity index (χ0v) is 14.2. The Morgan fingerprint density at radius 1 is 0.958 bits per heavy atom. The highest BCUT2D eigenvalue weighted by Crippen LogP contribution is 2.28. The lowest BCUT2D eigenvalue weighted by Crippen LogP contribution is -2.02. The SMILES string of the molecule is Cc1cc(Nc2ccc(Cl)cc2Cl)nc(Nc2cccc(F)c2)n1. The molecule has 0 aliphatic carbocycles. The fraction of sp³-hybridized carbons (Fsp3) is 0.0588. The van der Waals surface area contributed by atoms with Gasteiger partial charge < -0.3 is 10.6 Å². The highest BCUT2D eigenvalue weighted by Gasteiger charge is 2.06. The van der Waals surface area contributed by atoms with Crippen LogP contribution >= 0.6 is 23.2 Å². The first-order chi connectivity index (χ1) is 11.5. The van der Waals surface area contributed by atoms with Crippen molar-refractivity contribution in [3.63, 3.8) is 0 Å². The minimum absolute atomic E-state index is 0.334. The van der Waals surface area contributed by atoms with E-state index >= 15 is 0 Å². The van der Waals surface area contributed by atoms with Crippen molar-refractivity contribution >= 4 is 46.3 Å². The van der Waals surface area contributed by atoms with E-state index in [1.54, 1.807) is 36.4 Å². The van der Waals surface area contributed by atoms with Crippen molar-refractivity contribution in [3.05, 3.63) is 70.1 Å². The predicted molar refractivity (Wildman–Crippen MR) is 96.2 cm³/mol. The van der Waals surface area contributed by atoms with Crippen LogP contribution in [0.5, 0.6) is 0 Å². The van der Waals surface area contributed by atoms with Gasteiger partial charge in [0.1, 0.15) is 11.6 Å². The van der Waals surface area contributed by atoms with Gasteiger partial charge in [-0.05, 0) is 43.3 Å². The van der Waals surface area contributed by atoms with E-state index in [9.17, 15) is 4.39 Å². The van der Waals surface area contributed by atoms with Crippen molar-refractivity contribution in [1.29, 1.82) is 0 Å². The highest BCUT2D eigenvalue weighted by atomic mass is 35.5. The first-order valence-electron chi connectivity index (χ1n) is 7.10. The van der Waals surface area contributed by atoms with Gasteiger partial charge in [-0.2, -0.15) is 4.98 Å². The quantitative estimate of drug-likeness (QED) is 0.623. The van der Waals surface area contributed by atoms with Crippen LogP contribution in [-0.4, -0.2) is 9.97 Å². The summed E-state index contributed by atoms with van der Waals surface area (Å²) in [4.78, 5) is 8.67. The highest BCUT2D eigenvalue weighted by molar-refractivity contribution is 6.36. The molecule has 1 heterocycles. The number of halogens is 3. The molecule has 0 aliphatic rings. The Labute approximate surface area is 148 Å². The number of aromatic nitrogens is 2. The lowest BCUT2D eigenvalue weighted by atomic mass is 10.3. The van der Waals surface area contributed by atoms with Gasteiger partial charge in [0.2, 0.25) is 5.95 Å². The standard InChI is InChI=1S/C17H13Cl2FN4/c1-10-7-16(23-15-6-5-11(18)8-14(15)19)24-17(21-10)22-13-4-2-3-12(20)9-13/h2-9H,1H3,(H2,21,22,23,24). The van der Waals surface area contributed by atoms with Crippen molar-refractivity contribution in [1.82, 2.24) is 9.97 Å². The molecule has 3 aromatic rings. The third-order valence-corrected chi connectivity index (χ3v) is 3.68. The van der Waals surface area contributed by atoms with E-state index < -0.39 is 0 Å². The van der Waals surface area contributed by atoms with Crippen LogP contribution < -0.4 is 10.6 Å². The number of anilines is 4. The molecule has 0 atom stereocenters. The molecule has 122 valence electrons. The molecule has 0 fully saturated rings. The number of hydrogen-bond acceptors (Lipinski definition) is 4. The van der Waals surface area contributed by atoms with Crippen LogP contribution in [0.3, 0.4) is 0 Å². The van der Waals surface area contributed by atoms with Gasteiger partial charge >= 0.3 is 0 Å². The minimum Gasteiger partial charge on any atom is -0.339 e. The smallest absolute Gasteiger partial charge is 0.229 e. The number of rotatable bonds is 4. The normalized spacial score (nSPS) is 10.5. The third-order valence-electron chi connectivity index (χ3n) is 3.13. The Bertz CT molecular complexity index is 886. The summed E-state index contributed by atoms with van der Waals surface area (Å²) < 4.78 is 13.3. The summed E-state index contributed by atoms with van der Waals surface area (Å²) >= 11 is 12.1. The Kier molecular flexibility index (Phi) is 4.83. The van der Waals surface area contributed by atoms with E-state index in [1.165, 1.54) is 12.1 Å². The van der Waals surface area contributed by atoms with E-state index in [0.717, 1.165) is 5.69 Å². The van der Waals surface area contributed by atoms with Crippen LogP contribution in [0.4, 0.5) is 27.5 Å². The van der Waals surface area contributed by atoms with Crippen molar-refractivity contribution in [2.45, 2.75) is 6.92 Å². The molecule has 2 aromatic carbocycles. The van der Waals surface area contributed by atoms with Gasteiger partial charge in [0.15, 0.2) is 0 Å². The molecule has 7 heteroatoms. The average Bonchev–Trinajstić information content (AvgIpc) is 2.49. The second-order valence-electron chi connectivity index (χ2n) is 5.10. The largest absolute Gasteiger partial charge is 0.339 e. The number of nitrogens with one attached hydrogen (secondary N) is 2. The molecule has 0 unspecified atom stereocenters. The van der Waals surface area contributed by atoms with Crippen LogP contribution in [-0.2, 0) is 0 Å². The van der Waals surface area contributed by atoms with Crippen LogP contribution in [0.25, 0.3) is 0 Å². The van der Waals surface area contributed by atoms with Crippen molar-refractivity contribution < 1.29 is 4.39 Å². The number of aryl methyl sites for hydroxylation is 1. The first-order valence-corrected chi connectivity index (χ1v) is 7.85. The third kappa shape index (κ3) is 4.13. The zero-order valence-electron chi connectivity index (χ0n) is 12.6. The van der Waals surface area contributed by atoms with Crippen LogP contribution in [0.15, 0.2) is 48.5 Å². The predicted octanol–water partition coefficient (Wildman–Crippen LogP) is 5.72. The maximum Gasteiger partial charge on any atom is 0.229 e. The summed E-state index contributed by atoms with van der Waals surface area (Å²) in [6.45, 7) is 1.84. The lowest BCUT2D eigenvalue weighted by Gasteiger charge is -2.11.